The lowest BCUT2D eigenvalue weighted by molar-refractivity contribution is -0.107. The van der Waals surface area contributed by atoms with Gasteiger partial charge in [0.05, 0.1) is 5.69 Å². The Kier molecular flexibility index (Phi) is 2.02. The van der Waals surface area contributed by atoms with Gasteiger partial charge in [-0.05, 0) is 34.0 Å². The van der Waals surface area contributed by atoms with E-state index in [1.165, 1.54) is 5.56 Å². The highest BCUT2D eigenvalue weighted by atomic mass is 16.1. The van der Waals surface area contributed by atoms with Crippen molar-refractivity contribution in [3.63, 3.8) is 0 Å². The zero-order valence-corrected chi connectivity index (χ0v) is 8.63. The second-order valence-corrected chi connectivity index (χ2v) is 3.79. The fraction of sp³-hybridized carbons (Fsp3) is 0.273. The van der Waals surface area contributed by atoms with Gasteiger partial charge in [0.25, 0.3) is 0 Å². The molecule has 2 heterocycles. The molecule has 5 heteroatoms. The smallest absolute Gasteiger partial charge is 0.157 e. The molecular formula is C11H10N4O. The van der Waals surface area contributed by atoms with Crippen LogP contribution in [-0.2, 0) is 24.1 Å². The van der Waals surface area contributed by atoms with Crippen molar-refractivity contribution in [1.82, 2.24) is 20.2 Å². The number of tetrazole rings is 1. The maximum absolute atomic E-state index is 10.6. The summed E-state index contributed by atoms with van der Waals surface area (Å²) in [7, 11) is 0. The number of fused-ring (bicyclic) bond motifs is 3. The van der Waals surface area contributed by atoms with Crippen LogP contribution in [0.5, 0.6) is 0 Å². The number of hydrogen-bond acceptors (Lipinski definition) is 4. The fourth-order valence-corrected chi connectivity index (χ4v) is 2.17. The van der Waals surface area contributed by atoms with Crippen LogP contribution in [0.1, 0.15) is 17.0 Å². The molecule has 0 aliphatic carbocycles. The number of carbonyl (C=O) groups is 1. The molecule has 16 heavy (non-hydrogen) atoms. The highest BCUT2D eigenvalue weighted by molar-refractivity contribution is 5.59. The van der Waals surface area contributed by atoms with E-state index in [-0.39, 0.29) is 0 Å². The van der Waals surface area contributed by atoms with Crippen molar-refractivity contribution in [2.24, 2.45) is 0 Å². The summed E-state index contributed by atoms with van der Waals surface area (Å²) >= 11 is 0. The van der Waals surface area contributed by atoms with Gasteiger partial charge in [0, 0.05) is 12.8 Å². The topological polar surface area (TPSA) is 60.7 Å². The first-order valence-corrected chi connectivity index (χ1v) is 5.22. The van der Waals surface area contributed by atoms with Gasteiger partial charge < -0.3 is 4.79 Å². The van der Waals surface area contributed by atoms with Gasteiger partial charge in [-0.25, -0.2) is 0 Å². The first kappa shape index (κ1) is 9.21. The first-order chi connectivity index (χ1) is 7.90. The van der Waals surface area contributed by atoms with Crippen LogP contribution in [0.25, 0.3) is 5.69 Å². The molecule has 80 valence electrons. The zero-order valence-electron chi connectivity index (χ0n) is 8.63. The summed E-state index contributed by atoms with van der Waals surface area (Å²) in [6.07, 6.45) is 3.13. The zero-order chi connectivity index (χ0) is 11.0. The lowest BCUT2D eigenvalue weighted by Gasteiger charge is -2.18. The molecule has 5 nitrogen and oxygen atoms in total. The van der Waals surface area contributed by atoms with Crippen LogP contribution in [-0.4, -0.2) is 26.5 Å². The number of rotatable bonds is 2. The van der Waals surface area contributed by atoms with Crippen LogP contribution in [0.2, 0.25) is 0 Å². The molecule has 1 aliphatic heterocycles. The van der Waals surface area contributed by atoms with Crippen molar-refractivity contribution < 1.29 is 4.79 Å². The second-order valence-electron chi connectivity index (χ2n) is 3.79. The van der Waals surface area contributed by atoms with Crippen LogP contribution < -0.4 is 0 Å². The standard InChI is InChI=1S/C11H10N4O/c16-7-6-8-2-1-3-10-9(8)4-5-11-12-13-14-15(10)11/h1-3,7H,4-6H2. The molecule has 0 radical (unpaired) electrons. The molecule has 0 atom stereocenters. The largest absolute Gasteiger partial charge is 0.303 e. The molecular weight excluding hydrogens is 204 g/mol. The molecule has 1 aromatic heterocycles. The molecule has 1 aliphatic rings. The third-order valence-corrected chi connectivity index (χ3v) is 2.91. The van der Waals surface area contributed by atoms with Gasteiger partial charge in [-0.3, -0.25) is 0 Å². The van der Waals surface area contributed by atoms with E-state index in [1.54, 1.807) is 4.68 Å². The molecule has 0 saturated heterocycles. The monoisotopic (exact) mass is 214 g/mol. The number of aryl methyl sites for hydroxylation is 1. The fourth-order valence-electron chi connectivity index (χ4n) is 2.17. The third-order valence-electron chi connectivity index (χ3n) is 2.91. The van der Waals surface area contributed by atoms with E-state index in [0.29, 0.717) is 6.42 Å². The van der Waals surface area contributed by atoms with Gasteiger partial charge in [-0.2, -0.15) is 4.68 Å². The van der Waals surface area contributed by atoms with Gasteiger partial charge >= 0.3 is 0 Å². The summed E-state index contributed by atoms with van der Waals surface area (Å²) in [6, 6.07) is 5.92. The maximum atomic E-state index is 10.6. The Labute approximate surface area is 92.1 Å². The summed E-state index contributed by atoms with van der Waals surface area (Å²) in [5.74, 6) is 0.885. The summed E-state index contributed by atoms with van der Waals surface area (Å²) in [4.78, 5) is 10.6. The van der Waals surface area contributed by atoms with E-state index < -0.39 is 0 Å². The second kappa shape index (κ2) is 3.52. The average molecular weight is 214 g/mol. The Balaban J connectivity index is 2.19. The number of aromatic nitrogens is 4. The summed E-state index contributed by atoms with van der Waals surface area (Å²) in [6.45, 7) is 0. The van der Waals surface area contributed by atoms with Crippen LogP contribution in [0, 0.1) is 0 Å². The van der Waals surface area contributed by atoms with E-state index >= 15 is 0 Å². The Morgan fingerprint density at radius 1 is 1.38 bits per heavy atom. The SMILES string of the molecule is O=CCc1cccc2c1CCc1nnnn1-2. The molecule has 1 aromatic carbocycles. The van der Waals surface area contributed by atoms with Crippen molar-refractivity contribution in [2.45, 2.75) is 19.3 Å². The summed E-state index contributed by atoms with van der Waals surface area (Å²) in [5, 5.41) is 11.6. The number of carbonyl (C=O) groups excluding carboxylic acids is 1. The molecule has 0 spiro atoms. The number of benzene rings is 1. The van der Waals surface area contributed by atoms with Crippen molar-refractivity contribution in [3.8, 4) is 5.69 Å². The van der Waals surface area contributed by atoms with E-state index in [9.17, 15) is 4.79 Å². The molecule has 2 aromatic rings. The van der Waals surface area contributed by atoms with Crippen molar-refractivity contribution >= 4 is 6.29 Å². The normalized spacial score (nSPS) is 13.0. The van der Waals surface area contributed by atoms with Gasteiger partial charge in [-0.15, -0.1) is 5.10 Å². The molecule has 0 bridgehead atoms. The number of hydrogen-bond donors (Lipinski definition) is 0. The molecule has 0 saturated carbocycles. The minimum Gasteiger partial charge on any atom is -0.303 e. The average Bonchev–Trinajstić information content (AvgIpc) is 2.78. The first-order valence-electron chi connectivity index (χ1n) is 5.22. The maximum Gasteiger partial charge on any atom is 0.157 e. The van der Waals surface area contributed by atoms with E-state index in [1.807, 2.05) is 18.2 Å². The Morgan fingerprint density at radius 2 is 2.31 bits per heavy atom. The molecule has 0 amide bonds. The molecule has 0 N–H and O–H groups in total. The highest BCUT2D eigenvalue weighted by Crippen LogP contribution is 2.25. The predicted molar refractivity (Wildman–Crippen MR) is 56.3 cm³/mol. The van der Waals surface area contributed by atoms with Crippen LogP contribution in [0.3, 0.4) is 0 Å². The van der Waals surface area contributed by atoms with Gasteiger partial charge in [0.15, 0.2) is 5.82 Å². The molecule has 0 fully saturated rings. The van der Waals surface area contributed by atoms with Crippen molar-refractivity contribution in [1.29, 1.82) is 0 Å². The Morgan fingerprint density at radius 3 is 3.19 bits per heavy atom. The van der Waals surface area contributed by atoms with E-state index in [2.05, 4.69) is 15.5 Å². The lowest BCUT2D eigenvalue weighted by atomic mass is 9.96. The summed E-state index contributed by atoms with van der Waals surface area (Å²) in [5.41, 5.74) is 3.27. The third kappa shape index (κ3) is 1.25. The van der Waals surface area contributed by atoms with Crippen LogP contribution in [0.15, 0.2) is 18.2 Å². The minimum atomic E-state index is 0.459. The van der Waals surface area contributed by atoms with Gasteiger partial charge in [0.1, 0.15) is 6.29 Å². The highest BCUT2D eigenvalue weighted by Gasteiger charge is 2.19. The van der Waals surface area contributed by atoms with Gasteiger partial charge in [-0.1, -0.05) is 12.1 Å². The Hall–Kier alpha value is -2.04. The van der Waals surface area contributed by atoms with Crippen LogP contribution in [0.4, 0.5) is 0 Å². The lowest BCUT2D eigenvalue weighted by Crippen LogP contribution is -2.15. The molecule has 3 rings (SSSR count). The number of nitrogens with zero attached hydrogens (tertiary/aromatic N) is 4. The Bertz CT molecular complexity index is 547. The minimum absolute atomic E-state index is 0.459. The van der Waals surface area contributed by atoms with Crippen LogP contribution >= 0.6 is 0 Å². The van der Waals surface area contributed by atoms with Crippen molar-refractivity contribution in [2.75, 3.05) is 0 Å². The van der Waals surface area contributed by atoms with Crippen molar-refractivity contribution in [3.05, 3.63) is 35.2 Å². The van der Waals surface area contributed by atoms with Gasteiger partial charge in [0.2, 0.25) is 0 Å². The van der Waals surface area contributed by atoms with E-state index in [4.69, 9.17) is 0 Å². The molecule has 0 unspecified atom stereocenters. The van der Waals surface area contributed by atoms with E-state index in [0.717, 1.165) is 36.2 Å². The number of aldehydes is 1. The quantitative estimate of drug-likeness (QED) is 0.683. The predicted octanol–water partition coefficient (Wildman–Crippen LogP) is 0.502. The summed E-state index contributed by atoms with van der Waals surface area (Å²) < 4.78 is 1.76.